The molecule has 30 heteroatoms. The first-order chi connectivity index (χ1) is 29.4. The van der Waals surface area contributed by atoms with E-state index in [1.54, 1.807) is 0 Å². The zero-order valence-corrected chi connectivity index (χ0v) is 35.4. The zero-order valence-electron chi connectivity index (χ0n) is 32.2. The summed E-state index contributed by atoms with van der Waals surface area (Å²) in [6, 6.07) is 8.57. The van der Waals surface area contributed by atoms with Gasteiger partial charge in [-0.2, -0.15) is 114 Å². The fourth-order valence-corrected chi connectivity index (χ4v) is 10.5. The quantitative estimate of drug-likeness (QED) is 0.0821. The summed E-state index contributed by atoms with van der Waals surface area (Å²) in [6.45, 7) is 2.95. The third-order valence-corrected chi connectivity index (χ3v) is 14.5. The summed E-state index contributed by atoms with van der Waals surface area (Å²) >= 11 is 3.97. The molecular weight excluding hydrogens is 1050 g/mol. The number of halogens is 26. The SMILES string of the molecule is Cc1cc(CCCC(F)(F)C(F)(F)C(F)(F)C(F)(F)C(F)(F)C(F)(F)F)c(-c2ccc(-c3ccc(-c4sc(C)cc4CCCC(F)(F)C(F)(F)C(F)(F)C(F)(F)C(F)(F)C(F)(F)F)s3)s2)s1. The van der Waals surface area contributed by atoms with Crippen LogP contribution in [0.25, 0.3) is 29.3 Å². The van der Waals surface area contributed by atoms with Gasteiger partial charge in [0, 0.05) is 51.9 Å². The highest BCUT2D eigenvalue weighted by Crippen LogP contribution is 2.63. The second-order valence-electron chi connectivity index (χ2n) is 14.5. The van der Waals surface area contributed by atoms with Gasteiger partial charge in [0.05, 0.1) is 0 Å². The first-order valence-electron chi connectivity index (χ1n) is 17.7. The van der Waals surface area contributed by atoms with Crippen LogP contribution in [0.1, 0.15) is 46.6 Å². The van der Waals surface area contributed by atoms with E-state index in [1.165, 1.54) is 50.2 Å². The highest BCUT2D eigenvalue weighted by atomic mass is 32.1. The Morgan fingerprint density at radius 3 is 0.864 bits per heavy atom. The lowest BCUT2D eigenvalue weighted by atomic mass is 9.91. The van der Waals surface area contributed by atoms with E-state index in [2.05, 4.69) is 0 Å². The van der Waals surface area contributed by atoms with Gasteiger partial charge in [-0.3, -0.25) is 0 Å². The number of hydrogen-bond acceptors (Lipinski definition) is 4. The van der Waals surface area contributed by atoms with E-state index in [0.29, 0.717) is 29.3 Å². The first kappa shape index (κ1) is 55.6. The zero-order chi connectivity index (χ0) is 51.1. The van der Waals surface area contributed by atoms with Crippen LogP contribution in [-0.4, -0.2) is 71.6 Å². The average molecular weight is 1080 g/mol. The summed E-state index contributed by atoms with van der Waals surface area (Å²) in [5, 5.41) is 0. The minimum atomic E-state index is -8.03. The standard InChI is InChI=1S/C36H24F26S4/c1-15-13-17(5-3-11-25(37,38)27(41,42)29(45,46)31(49,50)33(53,54)35(57,58)59)23(63-15)21-9-7-19(65-21)20-8-10-22(66-20)24-18(14-16(2)64-24)6-4-12-26(39,40)28(43,44)30(47,48)32(51,52)34(55,56)36(60,61)62/h7-10,13-14H,3-6,11-12H2,1-2H3. The van der Waals surface area contributed by atoms with Crippen molar-refractivity contribution in [3.8, 4) is 29.3 Å². The van der Waals surface area contributed by atoms with Crippen molar-refractivity contribution in [2.75, 3.05) is 0 Å². The van der Waals surface area contributed by atoms with Crippen LogP contribution in [0, 0.1) is 13.8 Å². The highest BCUT2D eigenvalue weighted by molar-refractivity contribution is 7.28. The van der Waals surface area contributed by atoms with Crippen LogP contribution >= 0.6 is 45.3 Å². The molecule has 66 heavy (non-hydrogen) atoms. The Bertz CT molecular complexity index is 2160. The Kier molecular flexibility index (Phi) is 14.7. The maximum absolute atomic E-state index is 14.4. The number of rotatable bonds is 19. The maximum atomic E-state index is 14.4. The van der Waals surface area contributed by atoms with Gasteiger partial charge in [0.15, 0.2) is 0 Å². The van der Waals surface area contributed by atoms with Gasteiger partial charge >= 0.3 is 71.6 Å². The topological polar surface area (TPSA) is 0 Å². The van der Waals surface area contributed by atoms with Crippen molar-refractivity contribution < 1.29 is 114 Å². The molecule has 0 radical (unpaired) electrons. The Labute approximate surface area is 369 Å². The van der Waals surface area contributed by atoms with E-state index in [4.69, 9.17) is 0 Å². The van der Waals surface area contributed by atoms with E-state index >= 15 is 0 Å². The maximum Gasteiger partial charge on any atom is 0.460 e. The van der Waals surface area contributed by atoms with E-state index in [-0.39, 0.29) is 20.9 Å². The summed E-state index contributed by atoms with van der Waals surface area (Å²) in [7, 11) is 0. The normalized spacial score (nSPS) is 15.0. The van der Waals surface area contributed by atoms with Crippen molar-refractivity contribution in [3.63, 3.8) is 0 Å². The van der Waals surface area contributed by atoms with Crippen molar-refractivity contribution in [1.82, 2.24) is 0 Å². The van der Waals surface area contributed by atoms with E-state index in [1.807, 2.05) is 0 Å². The molecule has 4 aromatic rings. The molecule has 0 spiro atoms. The van der Waals surface area contributed by atoms with Crippen LogP contribution in [0.15, 0.2) is 36.4 Å². The van der Waals surface area contributed by atoms with E-state index in [0.717, 1.165) is 45.3 Å². The molecule has 0 fully saturated rings. The summed E-state index contributed by atoms with van der Waals surface area (Å²) < 4.78 is 352. The summed E-state index contributed by atoms with van der Waals surface area (Å²) in [5.41, 5.74) is 0.188. The molecule has 0 aliphatic heterocycles. The largest absolute Gasteiger partial charge is 0.460 e. The molecule has 0 amide bonds. The van der Waals surface area contributed by atoms with Gasteiger partial charge in [0.1, 0.15) is 0 Å². The van der Waals surface area contributed by atoms with Crippen LogP contribution in [0.2, 0.25) is 0 Å². The Morgan fingerprint density at radius 2 is 0.591 bits per heavy atom. The first-order valence-corrected chi connectivity index (χ1v) is 21.0. The van der Waals surface area contributed by atoms with Gasteiger partial charge in [-0.05, 0) is 87.1 Å². The highest BCUT2D eigenvalue weighted by Gasteiger charge is 2.92. The second kappa shape index (κ2) is 17.4. The molecule has 0 aromatic carbocycles. The van der Waals surface area contributed by atoms with Crippen molar-refractivity contribution >= 4 is 45.3 Å². The van der Waals surface area contributed by atoms with Gasteiger partial charge in [0.25, 0.3) is 0 Å². The predicted octanol–water partition coefficient (Wildman–Crippen LogP) is 17.7. The summed E-state index contributed by atoms with van der Waals surface area (Å²) in [6.07, 6.45) is -23.7. The molecule has 374 valence electrons. The van der Waals surface area contributed by atoms with Crippen LogP contribution in [0.4, 0.5) is 114 Å². The van der Waals surface area contributed by atoms with Gasteiger partial charge in [0.2, 0.25) is 0 Å². The molecule has 0 aliphatic carbocycles. The smallest absolute Gasteiger partial charge is 0.200 e. The molecule has 0 unspecified atom stereocenters. The molecule has 0 saturated heterocycles. The molecule has 0 N–H and O–H groups in total. The number of thiophene rings is 4. The minimum Gasteiger partial charge on any atom is -0.200 e. The number of aryl methyl sites for hydroxylation is 4. The Hall–Kier alpha value is -3.02. The third kappa shape index (κ3) is 9.13. The van der Waals surface area contributed by atoms with Crippen LogP contribution in [0.5, 0.6) is 0 Å². The minimum absolute atomic E-state index is 0.0938. The van der Waals surface area contributed by atoms with E-state index < -0.39 is 110 Å². The number of alkyl halides is 26. The molecule has 4 rings (SSSR count). The molecule has 0 atom stereocenters. The Morgan fingerprint density at radius 1 is 0.333 bits per heavy atom. The molecule has 0 saturated carbocycles. The average Bonchev–Trinajstić information content (AvgIpc) is 3.97. The molecular formula is C36H24F26S4. The monoisotopic (exact) mass is 1080 g/mol. The van der Waals surface area contributed by atoms with Crippen molar-refractivity contribution in [2.45, 2.75) is 124 Å². The lowest BCUT2D eigenvalue weighted by Crippen LogP contribution is -2.70. The van der Waals surface area contributed by atoms with Gasteiger partial charge in [-0.1, -0.05) is 0 Å². The van der Waals surface area contributed by atoms with Gasteiger partial charge < -0.3 is 0 Å². The molecule has 0 nitrogen and oxygen atoms in total. The summed E-state index contributed by atoms with van der Waals surface area (Å²) in [4.78, 5) is 3.01. The Balaban J connectivity index is 1.49. The molecule has 0 bridgehead atoms. The van der Waals surface area contributed by atoms with Gasteiger partial charge in [-0.25, -0.2) is 0 Å². The van der Waals surface area contributed by atoms with Crippen LogP contribution in [-0.2, 0) is 12.8 Å². The molecule has 4 heterocycles. The lowest BCUT2D eigenvalue weighted by molar-refractivity contribution is -0.440. The number of hydrogen-bond donors (Lipinski definition) is 0. The molecule has 4 aromatic heterocycles. The van der Waals surface area contributed by atoms with Crippen LogP contribution < -0.4 is 0 Å². The van der Waals surface area contributed by atoms with Crippen molar-refractivity contribution in [2.24, 2.45) is 0 Å². The second-order valence-corrected chi connectivity index (χ2v) is 19.1. The molecule has 0 aliphatic rings. The lowest BCUT2D eigenvalue weighted by Gasteiger charge is -2.39. The predicted molar refractivity (Wildman–Crippen MR) is 191 cm³/mol. The fourth-order valence-electron chi connectivity index (χ4n) is 6.03. The summed E-state index contributed by atoms with van der Waals surface area (Å²) in [5.74, 6) is -75.0. The van der Waals surface area contributed by atoms with Gasteiger partial charge in [-0.15, -0.1) is 45.3 Å². The van der Waals surface area contributed by atoms with E-state index in [9.17, 15) is 114 Å². The van der Waals surface area contributed by atoms with Crippen molar-refractivity contribution in [1.29, 1.82) is 0 Å². The van der Waals surface area contributed by atoms with Crippen molar-refractivity contribution in [3.05, 3.63) is 57.3 Å². The van der Waals surface area contributed by atoms with Crippen LogP contribution in [0.3, 0.4) is 0 Å². The third-order valence-electron chi connectivity index (χ3n) is 9.64. The fraction of sp³-hybridized carbons (Fsp3) is 0.556.